The van der Waals surface area contributed by atoms with Crippen molar-refractivity contribution in [2.45, 2.75) is 58.1 Å². The molecule has 0 aliphatic rings. The summed E-state index contributed by atoms with van der Waals surface area (Å²) in [6.07, 6.45) is 0. The number of amides is 2. The van der Waals surface area contributed by atoms with Gasteiger partial charge >= 0.3 is 0 Å². The van der Waals surface area contributed by atoms with E-state index in [0.29, 0.717) is 26.9 Å². The van der Waals surface area contributed by atoms with Gasteiger partial charge in [0.25, 0.3) is 10.0 Å². The van der Waals surface area contributed by atoms with Crippen molar-refractivity contribution in [1.82, 2.24) is 10.2 Å². The molecule has 0 saturated heterocycles. The lowest BCUT2D eigenvalue weighted by Crippen LogP contribution is -2.52. The van der Waals surface area contributed by atoms with Crippen LogP contribution >= 0.6 is 23.2 Å². The minimum Gasteiger partial charge on any atom is -0.352 e. The predicted molar refractivity (Wildman–Crippen MR) is 157 cm³/mol. The first-order valence-corrected chi connectivity index (χ1v) is 14.7. The van der Waals surface area contributed by atoms with E-state index in [0.717, 1.165) is 9.87 Å². The molecule has 3 aromatic carbocycles. The zero-order valence-corrected chi connectivity index (χ0v) is 24.9. The number of benzene rings is 3. The molecule has 0 aliphatic heterocycles. The highest BCUT2D eigenvalue weighted by Gasteiger charge is 2.33. The van der Waals surface area contributed by atoms with Crippen LogP contribution in [-0.4, -0.2) is 43.8 Å². The fourth-order valence-electron chi connectivity index (χ4n) is 4.14. The second kappa shape index (κ2) is 12.9. The zero-order valence-electron chi connectivity index (χ0n) is 22.6. The fourth-order valence-corrected chi connectivity index (χ4v) is 6.11. The molecule has 0 aliphatic carbocycles. The number of hydrogen-bond donors (Lipinski definition) is 1. The van der Waals surface area contributed by atoms with Crippen LogP contribution in [-0.2, 0) is 26.2 Å². The van der Waals surface area contributed by atoms with Crippen molar-refractivity contribution in [1.29, 1.82) is 0 Å². The van der Waals surface area contributed by atoms with Gasteiger partial charge in [-0.2, -0.15) is 0 Å². The Bertz CT molecular complexity index is 1450. The lowest BCUT2D eigenvalue weighted by molar-refractivity contribution is -0.139. The number of carbonyl (C=O) groups excluding carboxylic acids is 2. The topological polar surface area (TPSA) is 86.8 Å². The van der Waals surface area contributed by atoms with Crippen LogP contribution in [0.15, 0.2) is 71.6 Å². The van der Waals surface area contributed by atoms with Crippen LogP contribution < -0.4 is 9.62 Å². The molecule has 0 fully saturated rings. The van der Waals surface area contributed by atoms with Crippen molar-refractivity contribution >= 4 is 50.7 Å². The van der Waals surface area contributed by atoms with Gasteiger partial charge in [0.15, 0.2) is 0 Å². The Morgan fingerprint density at radius 2 is 1.59 bits per heavy atom. The summed E-state index contributed by atoms with van der Waals surface area (Å²) in [5, 5.41) is 3.59. The zero-order chi connectivity index (χ0) is 28.9. The largest absolute Gasteiger partial charge is 0.352 e. The van der Waals surface area contributed by atoms with Crippen molar-refractivity contribution in [3.63, 3.8) is 0 Å². The Labute approximate surface area is 240 Å². The van der Waals surface area contributed by atoms with Gasteiger partial charge in [-0.05, 0) is 76.1 Å². The highest BCUT2D eigenvalue weighted by Crippen LogP contribution is 2.29. The molecule has 1 atom stereocenters. The first kappa shape index (κ1) is 30.5. The highest BCUT2D eigenvalue weighted by molar-refractivity contribution is 7.92. The molecule has 0 spiro atoms. The molecule has 1 N–H and O–H groups in total. The van der Waals surface area contributed by atoms with Gasteiger partial charge < -0.3 is 10.2 Å². The number of aryl methyl sites for hydroxylation is 2. The molecule has 0 bridgehead atoms. The van der Waals surface area contributed by atoms with Crippen molar-refractivity contribution in [2.24, 2.45) is 0 Å². The number of rotatable bonds is 10. The van der Waals surface area contributed by atoms with Crippen LogP contribution in [0.1, 0.15) is 37.5 Å². The summed E-state index contributed by atoms with van der Waals surface area (Å²) in [5.74, 6) is -0.931. The van der Waals surface area contributed by atoms with Crippen LogP contribution in [0.4, 0.5) is 5.69 Å². The maximum Gasteiger partial charge on any atom is 0.264 e. The van der Waals surface area contributed by atoms with Crippen LogP contribution in [0.3, 0.4) is 0 Å². The summed E-state index contributed by atoms with van der Waals surface area (Å²) >= 11 is 12.5. The maximum atomic E-state index is 14.0. The summed E-state index contributed by atoms with van der Waals surface area (Å²) in [4.78, 5) is 28.4. The highest BCUT2D eigenvalue weighted by atomic mass is 35.5. The average molecular weight is 591 g/mol. The summed E-state index contributed by atoms with van der Waals surface area (Å²) in [6.45, 7) is 8.41. The van der Waals surface area contributed by atoms with Gasteiger partial charge in [-0.25, -0.2) is 8.42 Å². The molecule has 0 unspecified atom stereocenters. The molecular formula is C29H33Cl2N3O4S. The molecule has 10 heteroatoms. The quantitative estimate of drug-likeness (QED) is 0.326. The molecule has 3 rings (SSSR count). The monoisotopic (exact) mass is 589 g/mol. The molecule has 0 heterocycles. The van der Waals surface area contributed by atoms with E-state index in [1.54, 1.807) is 62.4 Å². The van der Waals surface area contributed by atoms with E-state index in [-0.39, 0.29) is 23.4 Å². The van der Waals surface area contributed by atoms with E-state index in [1.807, 2.05) is 26.8 Å². The number of hydrogen-bond acceptors (Lipinski definition) is 4. The Kier molecular flexibility index (Phi) is 10.0. The van der Waals surface area contributed by atoms with Gasteiger partial charge in [0.05, 0.1) is 10.6 Å². The third-order valence-electron chi connectivity index (χ3n) is 6.19. The Morgan fingerprint density at radius 3 is 2.18 bits per heavy atom. The molecule has 208 valence electrons. The SMILES string of the molecule is Cc1ccc(N(CC(=O)N(Cc2ccc(Cl)cc2Cl)[C@@H](C)C(=O)NC(C)C)S(=O)(=O)c2ccccc2)c(C)c1. The van der Waals surface area contributed by atoms with E-state index in [2.05, 4.69) is 5.32 Å². The van der Waals surface area contributed by atoms with Crippen molar-refractivity contribution < 1.29 is 18.0 Å². The summed E-state index contributed by atoms with van der Waals surface area (Å²) in [6, 6.07) is 17.1. The molecular weight excluding hydrogens is 557 g/mol. The van der Waals surface area contributed by atoms with E-state index >= 15 is 0 Å². The van der Waals surface area contributed by atoms with Gasteiger partial charge in [0.1, 0.15) is 12.6 Å². The summed E-state index contributed by atoms with van der Waals surface area (Å²) in [7, 11) is -4.13. The molecule has 0 radical (unpaired) electrons. The smallest absolute Gasteiger partial charge is 0.264 e. The maximum absolute atomic E-state index is 14.0. The van der Waals surface area contributed by atoms with E-state index in [4.69, 9.17) is 23.2 Å². The van der Waals surface area contributed by atoms with E-state index in [9.17, 15) is 18.0 Å². The Morgan fingerprint density at radius 1 is 0.923 bits per heavy atom. The molecule has 7 nitrogen and oxygen atoms in total. The second-order valence-electron chi connectivity index (χ2n) is 9.71. The Hall–Kier alpha value is -3.07. The Balaban J connectivity index is 2.08. The summed E-state index contributed by atoms with van der Waals surface area (Å²) in [5.41, 5.74) is 2.60. The molecule has 39 heavy (non-hydrogen) atoms. The van der Waals surface area contributed by atoms with Gasteiger partial charge in [0, 0.05) is 22.6 Å². The first-order chi connectivity index (χ1) is 18.3. The van der Waals surface area contributed by atoms with Gasteiger partial charge in [-0.1, -0.05) is 65.2 Å². The lowest BCUT2D eigenvalue weighted by atomic mass is 10.1. The van der Waals surface area contributed by atoms with Crippen LogP contribution in [0, 0.1) is 13.8 Å². The molecule has 3 aromatic rings. The number of halogens is 2. The normalized spacial score (nSPS) is 12.2. The van der Waals surface area contributed by atoms with Gasteiger partial charge in [-0.15, -0.1) is 0 Å². The molecule has 2 amide bonds. The van der Waals surface area contributed by atoms with Crippen molar-refractivity contribution in [3.05, 3.63) is 93.5 Å². The van der Waals surface area contributed by atoms with E-state index in [1.165, 1.54) is 17.0 Å². The van der Waals surface area contributed by atoms with Gasteiger partial charge in [-0.3, -0.25) is 13.9 Å². The van der Waals surface area contributed by atoms with E-state index < -0.39 is 28.5 Å². The number of sulfonamides is 1. The fraction of sp³-hybridized carbons (Fsp3) is 0.310. The number of nitrogens with one attached hydrogen (secondary N) is 1. The number of anilines is 1. The van der Waals surface area contributed by atoms with Crippen molar-refractivity contribution in [2.75, 3.05) is 10.8 Å². The number of carbonyl (C=O) groups is 2. The van der Waals surface area contributed by atoms with Gasteiger partial charge in [0.2, 0.25) is 11.8 Å². The van der Waals surface area contributed by atoms with Crippen LogP contribution in [0.25, 0.3) is 0 Å². The molecule has 0 aromatic heterocycles. The minimum absolute atomic E-state index is 0.0202. The third kappa shape index (κ3) is 7.53. The van der Waals surface area contributed by atoms with Crippen LogP contribution in [0.5, 0.6) is 0 Å². The molecule has 0 saturated carbocycles. The second-order valence-corrected chi connectivity index (χ2v) is 12.4. The standard InChI is InChI=1S/C29H33Cl2N3O4S/c1-19(2)32-29(36)22(5)33(17-23-12-13-24(30)16-26(23)31)28(35)18-34(27-14-11-20(3)15-21(27)4)39(37,38)25-9-7-6-8-10-25/h6-16,19,22H,17-18H2,1-5H3,(H,32,36)/t22-/m0/s1. The number of nitrogens with zero attached hydrogens (tertiary/aromatic N) is 2. The summed E-state index contributed by atoms with van der Waals surface area (Å²) < 4.78 is 28.8. The average Bonchev–Trinajstić information content (AvgIpc) is 2.87. The first-order valence-electron chi connectivity index (χ1n) is 12.5. The van der Waals surface area contributed by atoms with Crippen molar-refractivity contribution in [3.8, 4) is 0 Å². The third-order valence-corrected chi connectivity index (χ3v) is 8.55. The lowest BCUT2D eigenvalue weighted by Gasteiger charge is -2.33. The van der Waals surface area contributed by atoms with Crippen LogP contribution in [0.2, 0.25) is 10.0 Å². The minimum atomic E-state index is -4.13. The predicted octanol–water partition coefficient (Wildman–Crippen LogP) is 5.75.